The minimum absolute atomic E-state index is 0.0548. The third kappa shape index (κ3) is 3.46. The van der Waals surface area contributed by atoms with Crippen molar-refractivity contribution in [3.05, 3.63) is 24.3 Å². The first-order chi connectivity index (χ1) is 9.03. The van der Waals surface area contributed by atoms with Gasteiger partial charge < -0.3 is 10.1 Å². The molecule has 0 aliphatic carbocycles. The number of benzene rings is 1. The third-order valence-corrected chi connectivity index (χ3v) is 5.01. The first-order valence-corrected chi connectivity index (χ1v) is 7.88. The number of hydrogen-bond acceptors (Lipinski definition) is 4. The van der Waals surface area contributed by atoms with Gasteiger partial charge in [-0.3, -0.25) is 0 Å². The Hall–Kier alpha value is -1.11. The average Bonchev–Trinajstić information content (AvgIpc) is 2.41. The Morgan fingerprint density at radius 2 is 2.00 bits per heavy atom. The van der Waals surface area contributed by atoms with Crippen molar-refractivity contribution in [1.29, 1.82) is 0 Å². The van der Waals surface area contributed by atoms with Crippen LogP contribution in [0.3, 0.4) is 0 Å². The van der Waals surface area contributed by atoms with Gasteiger partial charge in [0.2, 0.25) is 10.0 Å². The van der Waals surface area contributed by atoms with Crippen molar-refractivity contribution < 1.29 is 13.2 Å². The molecule has 19 heavy (non-hydrogen) atoms. The Morgan fingerprint density at radius 3 is 2.58 bits per heavy atom. The quantitative estimate of drug-likeness (QED) is 0.864. The van der Waals surface area contributed by atoms with Gasteiger partial charge in [0, 0.05) is 12.6 Å². The number of methoxy groups -OCH3 is 1. The van der Waals surface area contributed by atoms with E-state index in [9.17, 15) is 8.42 Å². The lowest BCUT2D eigenvalue weighted by atomic mass is 9.96. The van der Waals surface area contributed by atoms with E-state index in [4.69, 9.17) is 4.74 Å². The molecule has 0 amide bonds. The molecule has 2 rings (SSSR count). The Morgan fingerprint density at radius 1 is 1.32 bits per heavy atom. The summed E-state index contributed by atoms with van der Waals surface area (Å²) in [6.45, 7) is 3.69. The largest absolute Gasteiger partial charge is 0.497 e. The minimum atomic E-state index is -3.46. The second kappa shape index (κ2) is 5.90. The van der Waals surface area contributed by atoms with Crippen LogP contribution in [0, 0.1) is 5.92 Å². The molecule has 0 bridgehead atoms. The van der Waals surface area contributed by atoms with Gasteiger partial charge in [0.1, 0.15) is 5.75 Å². The lowest BCUT2D eigenvalue weighted by Gasteiger charge is -2.29. The summed E-state index contributed by atoms with van der Waals surface area (Å²) in [6.07, 6.45) is 0.982. The van der Waals surface area contributed by atoms with Crippen LogP contribution < -0.4 is 14.8 Å². The van der Waals surface area contributed by atoms with Crippen molar-refractivity contribution in [2.45, 2.75) is 24.3 Å². The number of hydrogen-bond donors (Lipinski definition) is 2. The molecule has 1 saturated heterocycles. The van der Waals surface area contributed by atoms with Crippen molar-refractivity contribution in [2.24, 2.45) is 5.92 Å². The number of nitrogens with one attached hydrogen (secondary N) is 2. The molecule has 2 atom stereocenters. The van der Waals surface area contributed by atoms with Crippen molar-refractivity contribution >= 4 is 10.0 Å². The molecular weight excluding hydrogens is 264 g/mol. The van der Waals surface area contributed by atoms with Crippen LogP contribution in [0.1, 0.15) is 13.3 Å². The fraction of sp³-hybridized carbons (Fsp3) is 0.538. The van der Waals surface area contributed by atoms with Crippen LogP contribution in [0.2, 0.25) is 0 Å². The average molecular weight is 284 g/mol. The van der Waals surface area contributed by atoms with Crippen molar-refractivity contribution in [2.75, 3.05) is 20.2 Å². The van der Waals surface area contributed by atoms with Gasteiger partial charge in [-0.05, 0) is 43.1 Å². The SMILES string of the molecule is COc1ccc(S(=O)(=O)N[C@H]2CNCC[C@H]2C)cc1. The molecule has 6 heteroatoms. The summed E-state index contributed by atoms with van der Waals surface area (Å²) in [7, 11) is -1.91. The van der Waals surface area contributed by atoms with E-state index in [0.29, 0.717) is 18.2 Å². The Kier molecular flexibility index (Phi) is 4.44. The van der Waals surface area contributed by atoms with Crippen LogP contribution in [0.4, 0.5) is 0 Å². The molecule has 1 aromatic carbocycles. The molecule has 1 aliphatic heterocycles. The van der Waals surface area contributed by atoms with E-state index in [0.717, 1.165) is 13.0 Å². The molecule has 1 fully saturated rings. The highest BCUT2D eigenvalue weighted by molar-refractivity contribution is 7.89. The Labute approximate surface area is 114 Å². The molecule has 0 radical (unpaired) electrons. The first-order valence-electron chi connectivity index (χ1n) is 6.40. The van der Waals surface area contributed by atoms with E-state index in [1.54, 1.807) is 31.4 Å². The van der Waals surface area contributed by atoms with Crippen LogP contribution in [0.5, 0.6) is 5.75 Å². The van der Waals surface area contributed by atoms with E-state index < -0.39 is 10.0 Å². The predicted octanol–water partition coefficient (Wildman–Crippen LogP) is 0.971. The smallest absolute Gasteiger partial charge is 0.240 e. The van der Waals surface area contributed by atoms with Crippen molar-refractivity contribution in [1.82, 2.24) is 10.0 Å². The minimum Gasteiger partial charge on any atom is -0.497 e. The van der Waals surface area contributed by atoms with Gasteiger partial charge in [-0.15, -0.1) is 0 Å². The normalized spacial score (nSPS) is 24.1. The lowest BCUT2D eigenvalue weighted by molar-refractivity contribution is 0.327. The zero-order valence-corrected chi connectivity index (χ0v) is 12.0. The molecular formula is C13H20N2O3S. The standard InChI is InChI=1S/C13H20N2O3S/c1-10-7-8-14-9-13(10)15-19(16,17)12-5-3-11(18-2)4-6-12/h3-6,10,13-15H,7-9H2,1-2H3/t10-,13+/m1/s1. The topological polar surface area (TPSA) is 67.4 Å². The van der Waals surface area contributed by atoms with E-state index >= 15 is 0 Å². The van der Waals surface area contributed by atoms with Crippen LogP contribution in [0.25, 0.3) is 0 Å². The van der Waals surface area contributed by atoms with Crippen LogP contribution >= 0.6 is 0 Å². The predicted molar refractivity (Wildman–Crippen MR) is 73.8 cm³/mol. The summed E-state index contributed by atoms with van der Waals surface area (Å²) in [6, 6.07) is 6.36. The van der Waals surface area contributed by atoms with E-state index in [-0.39, 0.29) is 10.9 Å². The first kappa shape index (κ1) is 14.3. The van der Waals surface area contributed by atoms with E-state index in [1.165, 1.54) is 0 Å². The van der Waals surface area contributed by atoms with E-state index in [1.807, 2.05) is 0 Å². The molecule has 1 heterocycles. The van der Waals surface area contributed by atoms with Gasteiger partial charge in [0.25, 0.3) is 0 Å². The third-order valence-electron chi connectivity index (χ3n) is 3.50. The van der Waals surface area contributed by atoms with Gasteiger partial charge in [-0.1, -0.05) is 6.92 Å². The van der Waals surface area contributed by atoms with Crippen LogP contribution in [0.15, 0.2) is 29.2 Å². The zero-order chi connectivity index (χ0) is 13.9. The van der Waals surface area contributed by atoms with Gasteiger partial charge >= 0.3 is 0 Å². The van der Waals surface area contributed by atoms with Gasteiger partial charge in [-0.25, -0.2) is 13.1 Å². The highest BCUT2D eigenvalue weighted by atomic mass is 32.2. The summed E-state index contributed by atoms with van der Waals surface area (Å²) < 4.78 is 32.3. The zero-order valence-electron chi connectivity index (χ0n) is 11.2. The molecule has 2 N–H and O–H groups in total. The molecule has 0 unspecified atom stereocenters. The summed E-state index contributed by atoms with van der Waals surface area (Å²) in [4.78, 5) is 0.270. The fourth-order valence-electron chi connectivity index (χ4n) is 2.17. The maximum atomic E-state index is 12.3. The Bertz CT molecular complexity index is 513. The van der Waals surface area contributed by atoms with E-state index in [2.05, 4.69) is 17.0 Å². The second-order valence-corrected chi connectivity index (χ2v) is 6.59. The highest BCUT2D eigenvalue weighted by Crippen LogP contribution is 2.18. The Balaban J connectivity index is 2.12. The van der Waals surface area contributed by atoms with Crippen LogP contribution in [-0.4, -0.2) is 34.7 Å². The molecule has 0 saturated carbocycles. The molecule has 1 aromatic rings. The summed E-state index contributed by atoms with van der Waals surface area (Å²) in [5, 5.41) is 3.21. The lowest BCUT2D eigenvalue weighted by Crippen LogP contribution is -2.50. The number of rotatable bonds is 4. The van der Waals surface area contributed by atoms with Crippen LogP contribution in [-0.2, 0) is 10.0 Å². The van der Waals surface area contributed by atoms with Gasteiger partial charge in [0.05, 0.1) is 12.0 Å². The molecule has 0 aromatic heterocycles. The second-order valence-electron chi connectivity index (χ2n) is 4.87. The summed E-state index contributed by atoms with van der Waals surface area (Å²) >= 11 is 0. The van der Waals surface area contributed by atoms with Gasteiger partial charge in [0.15, 0.2) is 0 Å². The van der Waals surface area contributed by atoms with Gasteiger partial charge in [-0.2, -0.15) is 0 Å². The monoisotopic (exact) mass is 284 g/mol. The molecule has 5 nitrogen and oxygen atoms in total. The number of sulfonamides is 1. The number of ether oxygens (including phenoxy) is 1. The fourth-order valence-corrected chi connectivity index (χ4v) is 3.51. The summed E-state index contributed by atoms with van der Waals surface area (Å²) in [5.74, 6) is 0.987. The van der Waals surface area contributed by atoms with Crippen molar-refractivity contribution in [3.8, 4) is 5.75 Å². The summed E-state index contributed by atoms with van der Waals surface area (Å²) in [5.41, 5.74) is 0. The molecule has 0 spiro atoms. The molecule has 1 aliphatic rings. The van der Waals surface area contributed by atoms with Crippen molar-refractivity contribution in [3.63, 3.8) is 0 Å². The highest BCUT2D eigenvalue weighted by Gasteiger charge is 2.26. The maximum absolute atomic E-state index is 12.3. The maximum Gasteiger partial charge on any atom is 0.240 e. The molecule has 106 valence electrons. The number of piperidine rings is 1.